The fourth-order valence-corrected chi connectivity index (χ4v) is 2.83. The molecule has 15 heavy (non-hydrogen) atoms. The van der Waals surface area contributed by atoms with E-state index >= 15 is 0 Å². The lowest BCUT2D eigenvalue weighted by Crippen LogP contribution is -2.43. The molecular formula is C11H21ClN2O. The number of nitrogens with one attached hydrogen (secondary N) is 1. The fourth-order valence-electron chi connectivity index (χ4n) is 2.39. The van der Waals surface area contributed by atoms with Gasteiger partial charge in [-0.3, -0.25) is 4.90 Å². The number of piperidine rings is 1. The zero-order valence-electron chi connectivity index (χ0n) is 9.25. The van der Waals surface area contributed by atoms with Gasteiger partial charge in [-0.15, -0.1) is 11.6 Å². The van der Waals surface area contributed by atoms with Crippen molar-refractivity contribution in [1.29, 1.82) is 0 Å². The lowest BCUT2D eigenvalue weighted by Gasteiger charge is -2.33. The molecule has 4 heteroatoms. The van der Waals surface area contributed by atoms with Crippen LogP contribution in [0.5, 0.6) is 0 Å². The van der Waals surface area contributed by atoms with Gasteiger partial charge in [0.2, 0.25) is 0 Å². The first-order chi connectivity index (χ1) is 7.36. The number of morpholine rings is 1. The van der Waals surface area contributed by atoms with Gasteiger partial charge in [0.25, 0.3) is 0 Å². The highest BCUT2D eigenvalue weighted by molar-refractivity contribution is 6.21. The largest absolute Gasteiger partial charge is 0.379 e. The maximum absolute atomic E-state index is 6.48. The first-order valence-electron chi connectivity index (χ1n) is 6.01. The minimum absolute atomic E-state index is 0.324. The molecule has 2 saturated heterocycles. The Morgan fingerprint density at radius 3 is 2.60 bits per heavy atom. The lowest BCUT2D eigenvalue weighted by atomic mass is 9.94. The average Bonchev–Trinajstić information content (AvgIpc) is 2.31. The lowest BCUT2D eigenvalue weighted by molar-refractivity contribution is 0.0354. The second-order valence-electron chi connectivity index (χ2n) is 4.52. The van der Waals surface area contributed by atoms with Crippen molar-refractivity contribution >= 4 is 11.6 Å². The molecule has 0 aromatic heterocycles. The van der Waals surface area contributed by atoms with Gasteiger partial charge in [0.05, 0.1) is 13.2 Å². The van der Waals surface area contributed by atoms with E-state index < -0.39 is 0 Å². The molecular weight excluding hydrogens is 212 g/mol. The summed E-state index contributed by atoms with van der Waals surface area (Å²) in [5.41, 5.74) is 0. The van der Waals surface area contributed by atoms with Crippen molar-refractivity contribution < 1.29 is 4.74 Å². The molecule has 2 aliphatic heterocycles. The van der Waals surface area contributed by atoms with Gasteiger partial charge in [0, 0.05) is 25.0 Å². The third-order valence-corrected chi connectivity index (χ3v) is 3.93. The zero-order chi connectivity index (χ0) is 10.5. The Bertz CT molecular complexity index is 179. The van der Waals surface area contributed by atoms with Crippen LogP contribution in [0.4, 0.5) is 0 Å². The van der Waals surface area contributed by atoms with Gasteiger partial charge >= 0.3 is 0 Å². The van der Waals surface area contributed by atoms with Crippen LogP contribution in [0.3, 0.4) is 0 Å². The minimum atomic E-state index is 0.324. The fraction of sp³-hybridized carbons (Fsp3) is 1.00. The summed E-state index contributed by atoms with van der Waals surface area (Å²) >= 11 is 6.48. The van der Waals surface area contributed by atoms with Gasteiger partial charge in [0.1, 0.15) is 0 Å². The zero-order valence-corrected chi connectivity index (χ0v) is 10.0. The first-order valence-corrected chi connectivity index (χ1v) is 6.45. The van der Waals surface area contributed by atoms with E-state index in [1.165, 1.54) is 12.8 Å². The Morgan fingerprint density at radius 1 is 1.27 bits per heavy atom. The van der Waals surface area contributed by atoms with Crippen LogP contribution in [-0.4, -0.2) is 56.2 Å². The third kappa shape index (κ3) is 3.59. The van der Waals surface area contributed by atoms with Crippen molar-refractivity contribution in [3.8, 4) is 0 Å². The molecule has 0 amide bonds. The molecule has 2 heterocycles. The smallest absolute Gasteiger partial charge is 0.0594 e. The number of ether oxygens (including phenoxy) is 1. The second kappa shape index (κ2) is 6.04. The van der Waals surface area contributed by atoms with Crippen LogP contribution in [0.25, 0.3) is 0 Å². The Labute approximate surface area is 97.1 Å². The number of rotatable bonds is 3. The summed E-state index contributed by atoms with van der Waals surface area (Å²) in [7, 11) is 0. The molecule has 3 nitrogen and oxygen atoms in total. The van der Waals surface area contributed by atoms with E-state index in [0.29, 0.717) is 11.3 Å². The van der Waals surface area contributed by atoms with Gasteiger partial charge < -0.3 is 10.1 Å². The maximum Gasteiger partial charge on any atom is 0.0594 e. The van der Waals surface area contributed by atoms with Crippen molar-refractivity contribution in [2.24, 2.45) is 5.92 Å². The predicted molar refractivity (Wildman–Crippen MR) is 62.5 cm³/mol. The maximum atomic E-state index is 6.48. The summed E-state index contributed by atoms with van der Waals surface area (Å²) in [6.07, 6.45) is 2.47. The van der Waals surface area contributed by atoms with E-state index in [1.54, 1.807) is 0 Å². The van der Waals surface area contributed by atoms with Crippen molar-refractivity contribution in [1.82, 2.24) is 10.2 Å². The highest BCUT2D eigenvalue weighted by Crippen LogP contribution is 2.22. The summed E-state index contributed by atoms with van der Waals surface area (Å²) in [6, 6.07) is 0. The van der Waals surface area contributed by atoms with Crippen LogP contribution in [0.2, 0.25) is 0 Å². The standard InChI is InChI=1S/C11H21ClN2O/c12-11(10-1-3-13-4-2-10)9-14-5-7-15-8-6-14/h10-11,13H,1-9H2. The summed E-state index contributed by atoms with van der Waals surface area (Å²) in [5.74, 6) is 0.704. The van der Waals surface area contributed by atoms with Gasteiger partial charge in [-0.25, -0.2) is 0 Å². The van der Waals surface area contributed by atoms with Crippen LogP contribution in [0, 0.1) is 5.92 Å². The molecule has 2 fully saturated rings. The van der Waals surface area contributed by atoms with E-state index in [4.69, 9.17) is 16.3 Å². The SMILES string of the molecule is ClC(CN1CCOCC1)C1CCNCC1. The highest BCUT2D eigenvalue weighted by Gasteiger charge is 2.24. The molecule has 0 radical (unpaired) electrons. The molecule has 2 aliphatic rings. The molecule has 1 N–H and O–H groups in total. The third-order valence-electron chi connectivity index (χ3n) is 3.43. The Balaban J connectivity index is 1.72. The van der Waals surface area contributed by atoms with Crippen LogP contribution in [0.1, 0.15) is 12.8 Å². The van der Waals surface area contributed by atoms with Crippen LogP contribution >= 0.6 is 11.6 Å². The summed E-state index contributed by atoms with van der Waals surface area (Å²) in [6.45, 7) is 7.15. The van der Waals surface area contributed by atoms with Gasteiger partial charge in [-0.1, -0.05) is 0 Å². The molecule has 1 unspecified atom stereocenters. The van der Waals surface area contributed by atoms with Gasteiger partial charge in [0.15, 0.2) is 0 Å². The molecule has 0 aromatic rings. The predicted octanol–water partition coefficient (Wildman–Crippen LogP) is 0.926. The van der Waals surface area contributed by atoms with Crippen LogP contribution in [0.15, 0.2) is 0 Å². The Morgan fingerprint density at radius 2 is 1.93 bits per heavy atom. The van der Waals surface area contributed by atoms with Gasteiger partial charge in [-0.2, -0.15) is 0 Å². The van der Waals surface area contributed by atoms with Crippen molar-refractivity contribution in [3.05, 3.63) is 0 Å². The van der Waals surface area contributed by atoms with Crippen LogP contribution < -0.4 is 5.32 Å². The molecule has 1 atom stereocenters. The number of nitrogens with zero attached hydrogens (tertiary/aromatic N) is 1. The van der Waals surface area contributed by atoms with E-state index in [1.807, 2.05) is 0 Å². The molecule has 0 aliphatic carbocycles. The molecule has 88 valence electrons. The molecule has 0 spiro atoms. The monoisotopic (exact) mass is 232 g/mol. The topological polar surface area (TPSA) is 24.5 Å². The van der Waals surface area contributed by atoms with Gasteiger partial charge in [-0.05, 0) is 31.8 Å². The van der Waals surface area contributed by atoms with E-state index in [2.05, 4.69) is 10.2 Å². The summed E-state index contributed by atoms with van der Waals surface area (Å²) in [5, 5.41) is 3.71. The number of halogens is 1. The molecule has 0 aromatic carbocycles. The highest BCUT2D eigenvalue weighted by atomic mass is 35.5. The number of hydrogen-bond acceptors (Lipinski definition) is 3. The quantitative estimate of drug-likeness (QED) is 0.733. The Kier molecular flexibility index (Phi) is 4.69. The number of hydrogen-bond donors (Lipinski definition) is 1. The molecule has 0 saturated carbocycles. The van der Waals surface area contributed by atoms with E-state index in [9.17, 15) is 0 Å². The normalized spacial score (nSPS) is 27.8. The minimum Gasteiger partial charge on any atom is -0.379 e. The van der Waals surface area contributed by atoms with E-state index in [-0.39, 0.29) is 0 Å². The average molecular weight is 233 g/mol. The van der Waals surface area contributed by atoms with Crippen molar-refractivity contribution in [2.75, 3.05) is 45.9 Å². The van der Waals surface area contributed by atoms with E-state index in [0.717, 1.165) is 45.9 Å². The number of alkyl halides is 1. The van der Waals surface area contributed by atoms with Crippen molar-refractivity contribution in [3.63, 3.8) is 0 Å². The molecule has 0 bridgehead atoms. The second-order valence-corrected chi connectivity index (χ2v) is 5.08. The summed E-state index contributed by atoms with van der Waals surface area (Å²) in [4.78, 5) is 2.43. The van der Waals surface area contributed by atoms with Crippen molar-refractivity contribution in [2.45, 2.75) is 18.2 Å². The summed E-state index contributed by atoms with van der Waals surface area (Å²) < 4.78 is 5.33. The van der Waals surface area contributed by atoms with Crippen LogP contribution in [-0.2, 0) is 4.74 Å². The molecule has 2 rings (SSSR count). The Hall–Kier alpha value is 0.170. The first kappa shape index (κ1) is 11.6.